The summed E-state index contributed by atoms with van der Waals surface area (Å²) in [5, 5.41) is 0. The predicted octanol–water partition coefficient (Wildman–Crippen LogP) is 2.51. The molecule has 4 nitrogen and oxygen atoms in total. The SMILES string of the molecule is CC(N)C=O.CCc1ccc2c(c1)N(C(C)C(C)=O)CCC2. The quantitative estimate of drug-likeness (QED) is 0.868. The number of Topliss-reactive ketones (excluding diaryl/α,β-unsaturated/α-hetero) is 1. The molecule has 0 aliphatic carbocycles. The van der Waals surface area contributed by atoms with Crippen molar-refractivity contribution in [3.05, 3.63) is 29.3 Å². The van der Waals surface area contributed by atoms with Crippen molar-refractivity contribution >= 4 is 17.8 Å². The van der Waals surface area contributed by atoms with Crippen LogP contribution < -0.4 is 10.6 Å². The maximum Gasteiger partial charge on any atom is 0.151 e. The van der Waals surface area contributed by atoms with Crippen LogP contribution in [0, 0.1) is 0 Å². The Hall–Kier alpha value is -1.68. The van der Waals surface area contributed by atoms with Crippen LogP contribution in [0.5, 0.6) is 0 Å². The molecule has 0 fully saturated rings. The molecule has 0 bridgehead atoms. The van der Waals surface area contributed by atoms with E-state index in [0.717, 1.165) is 25.8 Å². The molecular weight excluding hydrogens is 276 g/mol. The number of hydrogen-bond donors (Lipinski definition) is 1. The molecule has 122 valence electrons. The molecular formula is C18H28N2O2. The van der Waals surface area contributed by atoms with Gasteiger partial charge in [-0.15, -0.1) is 0 Å². The predicted molar refractivity (Wildman–Crippen MR) is 91.3 cm³/mol. The number of hydrogen-bond acceptors (Lipinski definition) is 4. The number of carbonyl (C=O) groups is 2. The Labute approximate surface area is 133 Å². The third kappa shape index (κ3) is 4.95. The van der Waals surface area contributed by atoms with Gasteiger partial charge in [-0.05, 0) is 57.2 Å². The Morgan fingerprint density at radius 2 is 2.05 bits per heavy atom. The highest BCUT2D eigenvalue weighted by Crippen LogP contribution is 2.30. The molecule has 0 amide bonds. The van der Waals surface area contributed by atoms with Crippen LogP contribution in [0.15, 0.2) is 18.2 Å². The van der Waals surface area contributed by atoms with Crippen molar-refractivity contribution in [2.45, 2.75) is 59.0 Å². The summed E-state index contributed by atoms with van der Waals surface area (Å²) in [5.41, 5.74) is 8.94. The van der Waals surface area contributed by atoms with Crippen LogP contribution in [0.1, 0.15) is 45.2 Å². The first-order valence-corrected chi connectivity index (χ1v) is 8.00. The van der Waals surface area contributed by atoms with Gasteiger partial charge in [0.15, 0.2) is 5.78 Å². The highest BCUT2D eigenvalue weighted by molar-refractivity contribution is 5.85. The summed E-state index contributed by atoms with van der Waals surface area (Å²) in [7, 11) is 0. The van der Waals surface area contributed by atoms with Crippen molar-refractivity contribution in [1.82, 2.24) is 0 Å². The van der Waals surface area contributed by atoms with E-state index in [1.54, 1.807) is 13.8 Å². The number of rotatable bonds is 4. The average molecular weight is 304 g/mol. The first-order chi connectivity index (χ1) is 10.4. The zero-order valence-corrected chi connectivity index (χ0v) is 14.1. The van der Waals surface area contributed by atoms with Gasteiger partial charge in [-0.2, -0.15) is 0 Å². The smallest absolute Gasteiger partial charge is 0.151 e. The lowest BCUT2D eigenvalue weighted by Gasteiger charge is -2.35. The second-order valence-electron chi connectivity index (χ2n) is 5.90. The van der Waals surface area contributed by atoms with Gasteiger partial charge in [0.2, 0.25) is 0 Å². The molecule has 4 heteroatoms. The third-order valence-electron chi connectivity index (χ3n) is 3.98. The maximum absolute atomic E-state index is 11.6. The molecule has 2 atom stereocenters. The van der Waals surface area contributed by atoms with Crippen molar-refractivity contribution < 1.29 is 9.59 Å². The summed E-state index contributed by atoms with van der Waals surface area (Å²) in [5.74, 6) is 0.250. The van der Waals surface area contributed by atoms with Gasteiger partial charge in [0.25, 0.3) is 0 Å². The number of fused-ring (bicyclic) bond motifs is 1. The summed E-state index contributed by atoms with van der Waals surface area (Å²) in [6.45, 7) is 8.50. The minimum atomic E-state index is -0.296. The van der Waals surface area contributed by atoms with Crippen molar-refractivity contribution in [3.63, 3.8) is 0 Å². The van der Waals surface area contributed by atoms with Crippen LogP contribution in [0.25, 0.3) is 0 Å². The first-order valence-electron chi connectivity index (χ1n) is 8.00. The fourth-order valence-electron chi connectivity index (χ4n) is 2.49. The average Bonchev–Trinajstić information content (AvgIpc) is 2.53. The lowest BCUT2D eigenvalue weighted by Crippen LogP contribution is -2.41. The summed E-state index contributed by atoms with van der Waals surface area (Å²) >= 11 is 0. The van der Waals surface area contributed by atoms with Crippen molar-refractivity contribution in [1.29, 1.82) is 0 Å². The van der Waals surface area contributed by atoms with Crippen molar-refractivity contribution in [2.75, 3.05) is 11.4 Å². The third-order valence-corrected chi connectivity index (χ3v) is 3.98. The topological polar surface area (TPSA) is 63.4 Å². The van der Waals surface area contributed by atoms with Gasteiger partial charge in [0, 0.05) is 12.2 Å². The largest absolute Gasteiger partial charge is 0.362 e. The lowest BCUT2D eigenvalue weighted by atomic mass is 9.97. The van der Waals surface area contributed by atoms with Crippen LogP contribution in [-0.2, 0) is 22.4 Å². The number of benzene rings is 1. The number of aryl methyl sites for hydroxylation is 2. The molecule has 1 aromatic rings. The van der Waals surface area contributed by atoms with E-state index in [1.807, 2.05) is 6.92 Å². The molecule has 0 aromatic heterocycles. The number of nitrogens with zero attached hydrogens (tertiary/aromatic N) is 1. The summed E-state index contributed by atoms with van der Waals surface area (Å²) < 4.78 is 0. The zero-order valence-electron chi connectivity index (χ0n) is 14.1. The molecule has 0 saturated heterocycles. The molecule has 1 aromatic carbocycles. The van der Waals surface area contributed by atoms with Crippen molar-refractivity contribution in [3.8, 4) is 0 Å². The Balaban J connectivity index is 0.000000422. The van der Waals surface area contributed by atoms with Crippen molar-refractivity contribution in [2.24, 2.45) is 5.73 Å². The number of aldehydes is 1. The Morgan fingerprint density at radius 3 is 2.55 bits per heavy atom. The zero-order chi connectivity index (χ0) is 16.7. The van der Waals surface area contributed by atoms with Crippen LogP contribution in [-0.4, -0.2) is 30.7 Å². The Morgan fingerprint density at radius 1 is 1.41 bits per heavy atom. The highest BCUT2D eigenvalue weighted by Gasteiger charge is 2.23. The first kappa shape index (κ1) is 18.4. The van der Waals surface area contributed by atoms with Gasteiger partial charge in [-0.1, -0.05) is 19.1 Å². The number of ketones is 1. The highest BCUT2D eigenvalue weighted by atomic mass is 16.1. The van der Waals surface area contributed by atoms with E-state index in [9.17, 15) is 9.59 Å². The Bertz CT molecular complexity index is 512. The molecule has 22 heavy (non-hydrogen) atoms. The van der Waals surface area contributed by atoms with Gasteiger partial charge in [0.1, 0.15) is 6.29 Å². The van der Waals surface area contributed by atoms with E-state index in [1.165, 1.54) is 16.8 Å². The van der Waals surface area contributed by atoms with Crippen LogP contribution in [0.2, 0.25) is 0 Å². The van der Waals surface area contributed by atoms with E-state index < -0.39 is 0 Å². The maximum atomic E-state index is 11.6. The van der Waals surface area contributed by atoms with Gasteiger partial charge in [0.05, 0.1) is 12.1 Å². The molecule has 0 radical (unpaired) electrons. The molecule has 2 N–H and O–H groups in total. The minimum absolute atomic E-state index is 0.00107. The van der Waals surface area contributed by atoms with Gasteiger partial charge < -0.3 is 15.4 Å². The van der Waals surface area contributed by atoms with E-state index >= 15 is 0 Å². The summed E-state index contributed by atoms with van der Waals surface area (Å²) in [6.07, 6.45) is 4.03. The summed E-state index contributed by atoms with van der Waals surface area (Å²) in [4.78, 5) is 23.2. The fraction of sp³-hybridized carbons (Fsp3) is 0.556. The van der Waals surface area contributed by atoms with E-state index in [0.29, 0.717) is 6.29 Å². The normalized spacial score (nSPS) is 16.0. The molecule has 1 aliphatic heterocycles. The van der Waals surface area contributed by atoms with Crippen LogP contribution in [0.4, 0.5) is 5.69 Å². The number of nitrogens with two attached hydrogens (primary N) is 1. The second-order valence-corrected chi connectivity index (χ2v) is 5.90. The van der Waals surface area contributed by atoms with Crippen LogP contribution >= 0.6 is 0 Å². The molecule has 1 heterocycles. The Kier molecular flexibility index (Phi) is 7.25. The molecule has 1 aliphatic rings. The van der Waals surface area contributed by atoms with Gasteiger partial charge in [-0.3, -0.25) is 4.79 Å². The minimum Gasteiger partial charge on any atom is -0.362 e. The standard InChI is InChI=1S/C15H21NO.C3H7NO/c1-4-13-7-8-14-6-5-9-16(15(14)10-13)11(2)12(3)17;1-3(4)2-5/h7-8,10-11H,4-6,9H2,1-3H3;2-3H,4H2,1H3. The monoisotopic (exact) mass is 304 g/mol. The fourth-order valence-corrected chi connectivity index (χ4v) is 2.49. The lowest BCUT2D eigenvalue weighted by molar-refractivity contribution is -0.118. The van der Waals surface area contributed by atoms with E-state index in [-0.39, 0.29) is 17.9 Å². The molecule has 0 saturated carbocycles. The molecule has 2 rings (SSSR count). The van der Waals surface area contributed by atoms with Gasteiger partial charge in [-0.25, -0.2) is 0 Å². The van der Waals surface area contributed by atoms with Gasteiger partial charge >= 0.3 is 0 Å². The number of anilines is 1. The van der Waals surface area contributed by atoms with Crippen LogP contribution in [0.3, 0.4) is 0 Å². The molecule has 2 unspecified atom stereocenters. The summed E-state index contributed by atoms with van der Waals surface area (Å²) in [6, 6.07) is 6.40. The van der Waals surface area contributed by atoms with E-state index in [2.05, 4.69) is 30.0 Å². The second kappa shape index (κ2) is 8.69. The number of carbonyl (C=O) groups excluding carboxylic acids is 2. The molecule has 0 spiro atoms. The van der Waals surface area contributed by atoms with E-state index in [4.69, 9.17) is 5.73 Å².